The van der Waals surface area contributed by atoms with E-state index in [4.69, 9.17) is 4.74 Å². The molecule has 1 aromatic rings. The number of nitrogens with one attached hydrogen (secondary N) is 1. The first-order valence-electron chi connectivity index (χ1n) is 6.17. The lowest BCUT2D eigenvalue weighted by molar-refractivity contribution is -0.0607. The van der Waals surface area contributed by atoms with Gasteiger partial charge in [0.25, 0.3) is 0 Å². The monoisotopic (exact) mass is 302 g/mol. The van der Waals surface area contributed by atoms with Crippen molar-refractivity contribution in [2.75, 3.05) is 19.8 Å². The Morgan fingerprint density at radius 3 is 2.90 bits per heavy atom. The van der Waals surface area contributed by atoms with Crippen molar-refractivity contribution in [3.8, 4) is 0 Å². The van der Waals surface area contributed by atoms with Crippen molar-refractivity contribution in [3.05, 3.63) is 22.4 Å². The van der Waals surface area contributed by atoms with E-state index < -0.39 is 12.1 Å². The van der Waals surface area contributed by atoms with Crippen LogP contribution in [0.3, 0.4) is 0 Å². The maximum atomic E-state index is 11.3. The molecule has 0 saturated carbocycles. The number of carbonyl (C=O) groups is 2. The van der Waals surface area contributed by atoms with E-state index in [1.807, 2.05) is 29.8 Å². The number of imide groups is 1. The van der Waals surface area contributed by atoms with Crippen LogP contribution in [0.5, 0.6) is 0 Å². The van der Waals surface area contributed by atoms with E-state index in [-0.39, 0.29) is 19.8 Å². The van der Waals surface area contributed by atoms with Gasteiger partial charge in [0.1, 0.15) is 0 Å². The number of hydrogen-bond acceptors (Lipinski definition) is 6. The molecule has 20 heavy (non-hydrogen) atoms. The smallest absolute Gasteiger partial charge is 0.415 e. The minimum atomic E-state index is -0.939. The van der Waals surface area contributed by atoms with Crippen LogP contribution in [0.2, 0.25) is 0 Å². The summed E-state index contributed by atoms with van der Waals surface area (Å²) in [7, 11) is 0. The number of rotatable bonds is 7. The molecule has 7 nitrogen and oxygen atoms in total. The van der Waals surface area contributed by atoms with Gasteiger partial charge in [-0.25, -0.2) is 20.0 Å². The summed E-state index contributed by atoms with van der Waals surface area (Å²) in [6.07, 6.45) is -0.225. The average molecular weight is 302 g/mol. The number of hydrogen-bond donors (Lipinski definition) is 2. The second-order valence-corrected chi connectivity index (χ2v) is 4.85. The van der Waals surface area contributed by atoms with Crippen molar-refractivity contribution in [2.24, 2.45) is 0 Å². The van der Waals surface area contributed by atoms with Gasteiger partial charge in [-0.1, -0.05) is 13.0 Å². The fraction of sp³-hybridized carbons (Fsp3) is 0.500. The van der Waals surface area contributed by atoms with Gasteiger partial charge in [0, 0.05) is 4.88 Å². The van der Waals surface area contributed by atoms with Crippen molar-refractivity contribution in [3.63, 3.8) is 0 Å². The molecule has 0 atom stereocenters. The second kappa shape index (κ2) is 9.29. The standard InChI is InChI=1S/C12H18N2O5S/c1-2-6-19-12(16)13-11(15)14(17)5-7-18-9-10-4-3-8-20-10/h3-4,8,17H,2,5-7,9H2,1H3,(H,13,15,16). The largest absolute Gasteiger partial charge is 0.449 e. The van der Waals surface area contributed by atoms with Crippen LogP contribution in [0.1, 0.15) is 18.2 Å². The van der Waals surface area contributed by atoms with E-state index in [0.717, 1.165) is 4.88 Å². The molecule has 8 heteroatoms. The number of alkyl carbamates (subject to hydrolysis) is 1. The van der Waals surface area contributed by atoms with Gasteiger partial charge in [-0.15, -0.1) is 11.3 Å². The third kappa shape index (κ3) is 6.50. The lowest BCUT2D eigenvalue weighted by Crippen LogP contribution is -2.42. The zero-order valence-corrected chi connectivity index (χ0v) is 12.0. The number of carbonyl (C=O) groups excluding carboxylic acids is 2. The summed E-state index contributed by atoms with van der Waals surface area (Å²) in [5.41, 5.74) is 0. The van der Waals surface area contributed by atoms with E-state index in [1.54, 1.807) is 11.3 Å². The Balaban J connectivity index is 2.13. The van der Waals surface area contributed by atoms with Crippen molar-refractivity contribution in [2.45, 2.75) is 20.0 Å². The van der Waals surface area contributed by atoms with E-state index in [2.05, 4.69) is 4.74 Å². The maximum Gasteiger partial charge on any atom is 0.415 e. The molecule has 1 rings (SSSR count). The zero-order valence-electron chi connectivity index (χ0n) is 11.2. The van der Waals surface area contributed by atoms with Crippen LogP contribution in [0.4, 0.5) is 9.59 Å². The first-order valence-corrected chi connectivity index (χ1v) is 7.05. The Bertz CT molecular complexity index is 410. The summed E-state index contributed by atoms with van der Waals surface area (Å²) < 4.78 is 9.93. The molecule has 112 valence electrons. The Kier molecular flexibility index (Phi) is 7.63. The van der Waals surface area contributed by atoms with Crippen LogP contribution in [-0.2, 0) is 16.1 Å². The van der Waals surface area contributed by atoms with E-state index in [1.165, 1.54) is 0 Å². The van der Waals surface area contributed by atoms with Gasteiger partial charge in [0.05, 0.1) is 26.4 Å². The quantitative estimate of drug-likeness (QED) is 0.458. The van der Waals surface area contributed by atoms with Gasteiger partial charge in [-0.2, -0.15) is 0 Å². The average Bonchev–Trinajstić information content (AvgIpc) is 2.94. The third-order valence-corrected chi connectivity index (χ3v) is 3.00. The number of nitrogens with zero attached hydrogens (tertiary/aromatic N) is 1. The molecule has 1 aromatic heterocycles. The number of amides is 3. The Hall–Kier alpha value is -1.64. The van der Waals surface area contributed by atoms with Crippen LogP contribution in [-0.4, -0.2) is 42.2 Å². The fourth-order valence-electron chi connectivity index (χ4n) is 1.20. The Morgan fingerprint density at radius 2 is 2.25 bits per heavy atom. The van der Waals surface area contributed by atoms with E-state index in [9.17, 15) is 14.8 Å². The molecule has 0 fully saturated rings. The van der Waals surface area contributed by atoms with Gasteiger partial charge in [0.2, 0.25) is 0 Å². The summed E-state index contributed by atoms with van der Waals surface area (Å²) in [6.45, 7) is 2.59. The van der Waals surface area contributed by atoms with Gasteiger partial charge in [-0.3, -0.25) is 5.21 Å². The Morgan fingerprint density at radius 1 is 1.45 bits per heavy atom. The number of thiophene rings is 1. The minimum absolute atomic E-state index is 0.0434. The summed E-state index contributed by atoms with van der Waals surface area (Å²) >= 11 is 1.56. The summed E-state index contributed by atoms with van der Waals surface area (Å²) in [6, 6.07) is 2.90. The fourth-order valence-corrected chi connectivity index (χ4v) is 1.84. The van der Waals surface area contributed by atoms with Crippen molar-refractivity contribution in [1.82, 2.24) is 10.4 Å². The summed E-state index contributed by atoms with van der Waals surface area (Å²) in [4.78, 5) is 23.5. The highest BCUT2D eigenvalue weighted by Gasteiger charge is 2.14. The lowest BCUT2D eigenvalue weighted by Gasteiger charge is -2.14. The predicted molar refractivity (Wildman–Crippen MR) is 72.6 cm³/mol. The lowest BCUT2D eigenvalue weighted by atomic mass is 10.5. The molecule has 0 radical (unpaired) electrons. The van der Waals surface area contributed by atoms with Crippen LogP contribution in [0.15, 0.2) is 17.5 Å². The SMILES string of the molecule is CCCOC(=O)NC(=O)N(O)CCOCc1cccs1. The summed E-state index contributed by atoms with van der Waals surface area (Å²) in [5.74, 6) is 0. The first kappa shape index (κ1) is 16.4. The second-order valence-electron chi connectivity index (χ2n) is 3.82. The zero-order chi connectivity index (χ0) is 14.8. The van der Waals surface area contributed by atoms with Crippen LogP contribution in [0, 0.1) is 0 Å². The molecule has 1 heterocycles. The molecule has 0 unspecified atom stereocenters. The highest BCUT2D eigenvalue weighted by Crippen LogP contribution is 2.09. The first-order chi connectivity index (χ1) is 9.63. The van der Waals surface area contributed by atoms with Gasteiger partial charge in [0.15, 0.2) is 0 Å². The molecule has 3 amide bonds. The molecule has 0 spiro atoms. The predicted octanol–water partition coefficient (Wildman–Crippen LogP) is 2.21. The molecular weight excluding hydrogens is 284 g/mol. The normalized spacial score (nSPS) is 10.1. The Labute approximate surface area is 121 Å². The van der Waals surface area contributed by atoms with E-state index in [0.29, 0.717) is 18.1 Å². The van der Waals surface area contributed by atoms with Crippen LogP contribution in [0.25, 0.3) is 0 Å². The number of ether oxygens (including phenoxy) is 2. The molecule has 0 aliphatic carbocycles. The topological polar surface area (TPSA) is 88.1 Å². The molecular formula is C12H18N2O5S. The molecule has 0 aliphatic heterocycles. The van der Waals surface area contributed by atoms with Crippen LogP contribution < -0.4 is 5.32 Å². The summed E-state index contributed by atoms with van der Waals surface area (Å²) in [5, 5.41) is 13.6. The molecule has 0 bridgehead atoms. The highest BCUT2D eigenvalue weighted by atomic mass is 32.1. The van der Waals surface area contributed by atoms with Crippen molar-refractivity contribution < 1.29 is 24.3 Å². The van der Waals surface area contributed by atoms with Gasteiger partial charge < -0.3 is 9.47 Å². The third-order valence-electron chi connectivity index (χ3n) is 2.15. The molecule has 0 saturated heterocycles. The van der Waals surface area contributed by atoms with Gasteiger partial charge >= 0.3 is 12.1 Å². The van der Waals surface area contributed by atoms with Crippen molar-refractivity contribution in [1.29, 1.82) is 0 Å². The van der Waals surface area contributed by atoms with Crippen LogP contribution >= 0.6 is 11.3 Å². The number of hydroxylamine groups is 2. The molecule has 2 N–H and O–H groups in total. The minimum Gasteiger partial charge on any atom is -0.449 e. The van der Waals surface area contributed by atoms with E-state index >= 15 is 0 Å². The molecule has 0 aliphatic rings. The molecule has 0 aromatic carbocycles. The number of urea groups is 1. The highest BCUT2D eigenvalue weighted by molar-refractivity contribution is 7.09. The van der Waals surface area contributed by atoms with Crippen molar-refractivity contribution >= 4 is 23.5 Å². The van der Waals surface area contributed by atoms with Gasteiger partial charge in [-0.05, 0) is 17.9 Å². The maximum absolute atomic E-state index is 11.3.